The number of rotatable bonds is 4. The van der Waals surface area contributed by atoms with E-state index in [-0.39, 0.29) is 17.2 Å². The Hall–Kier alpha value is -2.70. The third-order valence-electron chi connectivity index (χ3n) is 2.79. The minimum Gasteiger partial charge on any atom is -0.477 e. The zero-order chi connectivity index (χ0) is 14.7. The first-order valence-electron chi connectivity index (χ1n) is 5.82. The molecule has 0 aliphatic rings. The fourth-order valence-corrected chi connectivity index (χ4v) is 1.73. The number of imidazole rings is 1. The van der Waals surface area contributed by atoms with Gasteiger partial charge in [0.15, 0.2) is 11.4 Å². The summed E-state index contributed by atoms with van der Waals surface area (Å²) in [6, 6.07) is 5.26. The van der Waals surface area contributed by atoms with Crippen LogP contribution in [0, 0.1) is 5.82 Å². The van der Waals surface area contributed by atoms with Gasteiger partial charge in [-0.2, -0.15) is 0 Å². The lowest BCUT2D eigenvalue weighted by atomic mass is 10.1. The van der Waals surface area contributed by atoms with Gasteiger partial charge in [-0.15, -0.1) is 0 Å². The first-order valence-corrected chi connectivity index (χ1v) is 5.82. The molecule has 104 valence electrons. The Morgan fingerprint density at radius 1 is 1.35 bits per heavy atom. The number of halogens is 1. The normalized spacial score (nSPS) is 11.9. The van der Waals surface area contributed by atoms with Crippen LogP contribution in [-0.4, -0.2) is 27.0 Å². The number of aromatic amines is 1. The molecule has 2 aromatic rings. The van der Waals surface area contributed by atoms with Crippen molar-refractivity contribution in [3.8, 4) is 0 Å². The molecule has 0 aliphatic heterocycles. The van der Waals surface area contributed by atoms with E-state index in [4.69, 9.17) is 5.11 Å². The monoisotopic (exact) mass is 277 g/mol. The molecule has 20 heavy (non-hydrogen) atoms. The molecule has 0 spiro atoms. The standard InChI is InChI=1S/C13H12FN3O3/c1-7(8-2-4-9(14)5-3-8)17-12(18)10-11(13(19)20)16-6-15-10/h2-7H,1H3,(H,15,16)(H,17,18)(H,19,20)/t7-/m1/s1. The van der Waals surface area contributed by atoms with Crippen LogP contribution in [0.15, 0.2) is 30.6 Å². The second-order valence-electron chi connectivity index (χ2n) is 4.18. The molecule has 0 radical (unpaired) electrons. The van der Waals surface area contributed by atoms with Crippen molar-refractivity contribution in [3.05, 3.63) is 53.4 Å². The molecule has 7 heteroatoms. The molecule has 1 heterocycles. The highest BCUT2D eigenvalue weighted by Gasteiger charge is 2.21. The Labute approximate surface area is 113 Å². The van der Waals surface area contributed by atoms with Crippen LogP contribution in [0.2, 0.25) is 0 Å². The number of H-pyrrole nitrogens is 1. The molecule has 0 fully saturated rings. The van der Waals surface area contributed by atoms with Crippen molar-refractivity contribution in [3.63, 3.8) is 0 Å². The summed E-state index contributed by atoms with van der Waals surface area (Å²) in [6.45, 7) is 1.71. The maximum Gasteiger partial charge on any atom is 0.354 e. The van der Waals surface area contributed by atoms with Crippen LogP contribution in [0.1, 0.15) is 39.5 Å². The lowest BCUT2D eigenvalue weighted by Crippen LogP contribution is -2.28. The summed E-state index contributed by atoms with van der Waals surface area (Å²) in [5.74, 6) is -2.24. The molecule has 1 aromatic carbocycles. The van der Waals surface area contributed by atoms with Gasteiger partial charge in [0.1, 0.15) is 5.82 Å². The first kappa shape index (κ1) is 13.7. The van der Waals surface area contributed by atoms with Gasteiger partial charge >= 0.3 is 5.97 Å². The number of hydrogen-bond acceptors (Lipinski definition) is 3. The zero-order valence-electron chi connectivity index (χ0n) is 10.6. The molecule has 0 saturated carbocycles. The SMILES string of the molecule is C[C@@H](NC(=O)c1nc[nH]c1C(=O)O)c1ccc(F)cc1. The predicted molar refractivity (Wildman–Crippen MR) is 67.8 cm³/mol. The maximum absolute atomic E-state index is 12.8. The van der Waals surface area contributed by atoms with E-state index >= 15 is 0 Å². The molecule has 1 atom stereocenters. The Morgan fingerprint density at radius 2 is 2.00 bits per heavy atom. The smallest absolute Gasteiger partial charge is 0.354 e. The number of benzene rings is 1. The minimum atomic E-state index is -1.26. The van der Waals surface area contributed by atoms with Crippen molar-refractivity contribution in [2.24, 2.45) is 0 Å². The molecule has 6 nitrogen and oxygen atoms in total. The van der Waals surface area contributed by atoms with Gasteiger partial charge in [-0.05, 0) is 24.6 Å². The summed E-state index contributed by atoms with van der Waals surface area (Å²) in [7, 11) is 0. The number of carbonyl (C=O) groups excluding carboxylic acids is 1. The van der Waals surface area contributed by atoms with E-state index in [1.807, 2.05) is 0 Å². The average molecular weight is 277 g/mol. The summed E-state index contributed by atoms with van der Waals surface area (Å²) in [6.07, 6.45) is 1.14. The number of hydrogen-bond donors (Lipinski definition) is 3. The van der Waals surface area contributed by atoms with E-state index in [1.54, 1.807) is 19.1 Å². The molecule has 1 aromatic heterocycles. The number of nitrogens with one attached hydrogen (secondary N) is 2. The number of carboxylic acid groups (broad SMARTS) is 1. The fraction of sp³-hybridized carbons (Fsp3) is 0.154. The lowest BCUT2D eigenvalue weighted by molar-refractivity contribution is 0.0684. The highest BCUT2D eigenvalue weighted by molar-refractivity contribution is 6.02. The van der Waals surface area contributed by atoms with Crippen molar-refractivity contribution in [2.45, 2.75) is 13.0 Å². The van der Waals surface area contributed by atoms with Crippen LogP contribution >= 0.6 is 0 Å². The van der Waals surface area contributed by atoms with Gasteiger partial charge in [-0.3, -0.25) is 4.79 Å². The fourth-order valence-electron chi connectivity index (χ4n) is 1.73. The topological polar surface area (TPSA) is 95.1 Å². The van der Waals surface area contributed by atoms with E-state index in [0.29, 0.717) is 5.56 Å². The number of carboxylic acids is 1. The van der Waals surface area contributed by atoms with E-state index < -0.39 is 17.9 Å². The third-order valence-corrected chi connectivity index (χ3v) is 2.79. The summed E-state index contributed by atoms with van der Waals surface area (Å²) in [4.78, 5) is 28.9. The molecule has 0 aliphatic carbocycles. The van der Waals surface area contributed by atoms with Crippen LogP contribution in [0.5, 0.6) is 0 Å². The molecule has 0 saturated heterocycles. The second-order valence-corrected chi connectivity index (χ2v) is 4.18. The van der Waals surface area contributed by atoms with Gasteiger partial charge in [0.2, 0.25) is 0 Å². The van der Waals surface area contributed by atoms with Crippen LogP contribution in [0.3, 0.4) is 0 Å². The van der Waals surface area contributed by atoms with E-state index in [2.05, 4.69) is 15.3 Å². The largest absolute Gasteiger partial charge is 0.477 e. The minimum absolute atomic E-state index is 0.188. The predicted octanol–water partition coefficient (Wildman–Crippen LogP) is 1.74. The van der Waals surface area contributed by atoms with Crippen LogP contribution in [-0.2, 0) is 0 Å². The molecule has 0 unspecified atom stereocenters. The average Bonchev–Trinajstić information content (AvgIpc) is 2.88. The maximum atomic E-state index is 12.8. The number of carbonyl (C=O) groups is 2. The number of aromatic nitrogens is 2. The molecular weight excluding hydrogens is 265 g/mol. The number of aromatic carboxylic acids is 1. The van der Waals surface area contributed by atoms with Crippen molar-refractivity contribution >= 4 is 11.9 Å². The summed E-state index contributed by atoms with van der Waals surface area (Å²) >= 11 is 0. The highest BCUT2D eigenvalue weighted by atomic mass is 19.1. The van der Waals surface area contributed by atoms with Gasteiger partial charge in [0.05, 0.1) is 12.4 Å². The van der Waals surface area contributed by atoms with Gasteiger partial charge in [0.25, 0.3) is 5.91 Å². The van der Waals surface area contributed by atoms with Crippen molar-refractivity contribution in [1.82, 2.24) is 15.3 Å². The van der Waals surface area contributed by atoms with Crippen molar-refractivity contribution < 1.29 is 19.1 Å². The number of nitrogens with zero attached hydrogens (tertiary/aromatic N) is 1. The van der Waals surface area contributed by atoms with Crippen LogP contribution in [0.4, 0.5) is 4.39 Å². The Bertz CT molecular complexity index is 637. The summed E-state index contributed by atoms with van der Waals surface area (Å²) < 4.78 is 12.8. The van der Waals surface area contributed by atoms with E-state index in [9.17, 15) is 14.0 Å². The molecule has 0 bridgehead atoms. The summed E-state index contributed by atoms with van der Waals surface area (Å²) in [5.41, 5.74) is 0.243. The quantitative estimate of drug-likeness (QED) is 0.793. The van der Waals surface area contributed by atoms with Crippen LogP contribution in [0.25, 0.3) is 0 Å². The van der Waals surface area contributed by atoms with E-state index in [1.165, 1.54) is 12.1 Å². The third kappa shape index (κ3) is 2.82. The van der Waals surface area contributed by atoms with Gasteiger partial charge in [-0.25, -0.2) is 14.2 Å². The van der Waals surface area contributed by atoms with Gasteiger partial charge < -0.3 is 15.4 Å². The zero-order valence-corrected chi connectivity index (χ0v) is 10.6. The Kier molecular flexibility index (Phi) is 3.79. The molecule has 1 amide bonds. The second kappa shape index (κ2) is 5.52. The molecule has 3 N–H and O–H groups in total. The van der Waals surface area contributed by atoms with Gasteiger partial charge in [0, 0.05) is 0 Å². The highest BCUT2D eigenvalue weighted by Crippen LogP contribution is 2.14. The van der Waals surface area contributed by atoms with Crippen LogP contribution < -0.4 is 5.32 Å². The molecular formula is C13H12FN3O3. The Morgan fingerprint density at radius 3 is 2.60 bits per heavy atom. The van der Waals surface area contributed by atoms with Crippen molar-refractivity contribution in [2.75, 3.05) is 0 Å². The summed E-state index contributed by atoms with van der Waals surface area (Å²) in [5, 5.41) is 11.5. The lowest BCUT2D eigenvalue weighted by Gasteiger charge is -2.13. The first-order chi connectivity index (χ1) is 9.49. The molecule has 2 rings (SSSR count). The number of amides is 1. The Balaban J connectivity index is 2.13. The van der Waals surface area contributed by atoms with Crippen molar-refractivity contribution in [1.29, 1.82) is 0 Å². The van der Waals surface area contributed by atoms with E-state index in [0.717, 1.165) is 6.33 Å². The van der Waals surface area contributed by atoms with Gasteiger partial charge in [-0.1, -0.05) is 12.1 Å².